The molecule has 1 aromatic rings. The monoisotopic (exact) mass is 516 g/mol. The van der Waals surface area contributed by atoms with Crippen molar-refractivity contribution in [3.8, 4) is 0 Å². The molecule has 36 heavy (non-hydrogen) atoms. The van der Waals surface area contributed by atoms with Crippen LogP contribution in [0.3, 0.4) is 0 Å². The van der Waals surface area contributed by atoms with Crippen molar-refractivity contribution < 1.29 is 33.1 Å². The minimum absolute atomic E-state index is 0.113. The number of nitrogens with zero attached hydrogens (tertiary/aromatic N) is 1. The summed E-state index contributed by atoms with van der Waals surface area (Å²) in [5, 5.41) is 2.59. The quantitative estimate of drug-likeness (QED) is 0.244. The first kappa shape index (κ1) is 27.6. The molecule has 1 fully saturated rings. The largest absolute Gasteiger partial charge is 0.427 e. The van der Waals surface area contributed by atoms with Crippen molar-refractivity contribution in [3.63, 3.8) is 0 Å². The first-order chi connectivity index (χ1) is 16.7. The maximum atomic E-state index is 13.3. The SMILES string of the molecule is CNC(=O)c1cccc(C2=C(C(=O)OCOC(=O)C(C)(C)C)N3C(=O)C(C(C)O[Si](C)(C)C)C3C2)c1. The number of benzene rings is 1. The Labute approximate surface area is 213 Å². The Morgan fingerprint density at radius 3 is 2.42 bits per heavy atom. The van der Waals surface area contributed by atoms with Crippen LogP contribution in [-0.4, -0.2) is 63.0 Å². The molecule has 0 aliphatic carbocycles. The second kappa shape index (κ2) is 10.2. The van der Waals surface area contributed by atoms with E-state index in [0.29, 0.717) is 23.1 Å². The zero-order chi connectivity index (χ0) is 27.0. The van der Waals surface area contributed by atoms with Crippen LogP contribution >= 0.6 is 0 Å². The summed E-state index contributed by atoms with van der Waals surface area (Å²) in [6.07, 6.45) is 0.117. The summed E-state index contributed by atoms with van der Waals surface area (Å²) >= 11 is 0. The number of hydrogen-bond acceptors (Lipinski definition) is 7. The minimum Gasteiger partial charge on any atom is -0.427 e. The molecule has 2 aliphatic heterocycles. The van der Waals surface area contributed by atoms with Crippen molar-refractivity contribution in [3.05, 3.63) is 41.1 Å². The van der Waals surface area contributed by atoms with Gasteiger partial charge in [0.15, 0.2) is 8.32 Å². The second-order valence-corrected chi connectivity index (χ2v) is 15.6. The Hall–Kier alpha value is -2.98. The van der Waals surface area contributed by atoms with Crippen LogP contribution in [0.5, 0.6) is 0 Å². The lowest BCUT2D eigenvalue weighted by Crippen LogP contribution is -2.63. The number of amides is 2. The number of rotatable bonds is 8. The van der Waals surface area contributed by atoms with Crippen LogP contribution in [0.25, 0.3) is 5.57 Å². The van der Waals surface area contributed by atoms with Gasteiger partial charge in [0.1, 0.15) is 5.70 Å². The minimum atomic E-state index is -1.90. The lowest BCUT2D eigenvalue weighted by Gasteiger charge is -2.47. The van der Waals surface area contributed by atoms with E-state index in [1.165, 1.54) is 4.90 Å². The fraction of sp³-hybridized carbons (Fsp3) is 0.538. The van der Waals surface area contributed by atoms with E-state index in [9.17, 15) is 19.2 Å². The highest BCUT2D eigenvalue weighted by Crippen LogP contribution is 2.48. The highest BCUT2D eigenvalue weighted by atomic mass is 28.4. The molecule has 3 atom stereocenters. The first-order valence-corrected chi connectivity index (χ1v) is 15.5. The van der Waals surface area contributed by atoms with E-state index in [2.05, 4.69) is 25.0 Å². The number of ether oxygens (including phenoxy) is 2. The summed E-state index contributed by atoms with van der Waals surface area (Å²) in [5.41, 5.74) is 1.05. The van der Waals surface area contributed by atoms with Gasteiger partial charge in [-0.3, -0.25) is 14.4 Å². The highest BCUT2D eigenvalue weighted by molar-refractivity contribution is 6.69. The van der Waals surface area contributed by atoms with Crippen LogP contribution in [-0.2, 0) is 28.3 Å². The van der Waals surface area contributed by atoms with Gasteiger partial charge in [0.2, 0.25) is 12.7 Å². The van der Waals surface area contributed by atoms with Gasteiger partial charge in [-0.05, 0) is 77.0 Å². The average molecular weight is 517 g/mol. The third-order valence-electron chi connectivity index (χ3n) is 6.14. The van der Waals surface area contributed by atoms with Crippen molar-refractivity contribution in [2.24, 2.45) is 11.3 Å². The number of fused-ring (bicyclic) bond motifs is 1. The zero-order valence-electron chi connectivity index (χ0n) is 22.3. The van der Waals surface area contributed by atoms with Crippen LogP contribution in [0.4, 0.5) is 0 Å². The molecule has 10 heteroatoms. The molecule has 0 radical (unpaired) electrons. The molecule has 0 spiro atoms. The summed E-state index contributed by atoms with van der Waals surface area (Å²) < 4.78 is 16.6. The summed E-state index contributed by atoms with van der Waals surface area (Å²) in [5.74, 6) is -2.13. The number of hydrogen-bond donors (Lipinski definition) is 1. The fourth-order valence-electron chi connectivity index (χ4n) is 4.55. The lowest BCUT2D eigenvalue weighted by atomic mass is 9.82. The summed E-state index contributed by atoms with van der Waals surface area (Å²) in [6.45, 7) is 12.6. The third kappa shape index (κ3) is 5.70. The smallest absolute Gasteiger partial charge is 0.358 e. The normalized spacial score (nSPS) is 20.4. The van der Waals surface area contributed by atoms with E-state index in [1.54, 1.807) is 52.1 Å². The van der Waals surface area contributed by atoms with E-state index in [1.807, 2.05) is 6.92 Å². The number of carbonyl (C=O) groups is 4. The van der Waals surface area contributed by atoms with E-state index in [0.717, 1.165) is 0 Å². The van der Waals surface area contributed by atoms with Crippen molar-refractivity contribution in [2.75, 3.05) is 13.8 Å². The molecule has 3 rings (SSSR count). The predicted molar refractivity (Wildman–Crippen MR) is 136 cm³/mol. The van der Waals surface area contributed by atoms with E-state index >= 15 is 0 Å². The van der Waals surface area contributed by atoms with E-state index in [-0.39, 0.29) is 29.7 Å². The van der Waals surface area contributed by atoms with Crippen molar-refractivity contribution >= 4 is 37.6 Å². The molecule has 1 aromatic carbocycles. The topological polar surface area (TPSA) is 111 Å². The Bertz CT molecular complexity index is 1100. The van der Waals surface area contributed by atoms with Crippen LogP contribution < -0.4 is 5.32 Å². The molecule has 196 valence electrons. The van der Waals surface area contributed by atoms with Gasteiger partial charge < -0.3 is 24.1 Å². The summed E-state index contributed by atoms with van der Waals surface area (Å²) in [6, 6.07) is 6.62. The molecule has 1 N–H and O–H groups in total. The summed E-state index contributed by atoms with van der Waals surface area (Å²) in [4.78, 5) is 52.2. The Balaban J connectivity index is 1.91. The average Bonchev–Trinajstić information content (AvgIpc) is 3.11. The number of nitrogens with one attached hydrogen (secondary N) is 1. The lowest BCUT2D eigenvalue weighted by molar-refractivity contribution is -0.175. The molecule has 2 aliphatic rings. The van der Waals surface area contributed by atoms with Crippen LogP contribution in [0, 0.1) is 11.3 Å². The first-order valence-electron chi connectivity index (χ1n) is 12.1. The molecule has 0 aromatic heterocycles. The molecule has 2 amide bonds. The van der Waals surface area contributed by atoms with Gasteiger partial charge in [-0.1, -0.05) is 12.1 Å². The van der Waals surface area contributed by atoms with Gasteiger partial charge in [0.25, 0.3) is 5.91 Å². The van der Waals surface area contributed by atoms with Crippen LogP contribution in [0.15, 0.2) is 30.0 Å². The van der Waals surface area contributed by atoms with Gasteiger partial charge in [-0.25, -0.2) is 4.79 Å². The highest BCUT2D eigenvalue weighted by Gasteiger charge is 2.57. The van der Waals surface area contributed by atoms with Crippen molar-refractivity contribution in [1.29, 1.82) is 0 Å². The standard InChI is InChI=1S/C26H36N2O7Si/c1-15(35-36(6,7)8)20-19-13-18(16-10-9-11-17(12-16)22(29)27-5)21(28(19)23(20)30)24(31)33-14-34-25(32)26(2,3)4/h9-12,15,19-20H,13-14H2,1-8H3,(H,27,29). The van der Waals surface area contributed by atoms with Crippen molar-refractivity contribution in [2.45, 2.75) is 65.9 Å². The van der Waals surface area contributed by atoms with Crippen LogP contribution in [0.1, 0.15) is 50.0 Å². The molecular formula is C26H36N2O7Si. The summed E-state index contributed by atoms with van der Waals surface area (Å²) in [7, 11) is -0.354. The predicted octanol–water partition coefficient (Wildman–Crippen LogP) is 3.32. The van der Waals surface area contributed by atoms with E-state index < -0.39 is 38.4 Å². The molecule has 0 bridgehead atoms. The van der Waals surface area contributed by atoms with Gasteiger partial charge in [0.05, 0.1) is 23.5 Å². The van der Waals surface area contributed by atoms with Crippen LogP contribution in [0.2, 0.25) is 19.6 Å². The Morgan fingerprint density at radius 2 is 1.83 bits per heavy atom. The maximum Gasteiger partial charge on any atom is 0.358 e. The zero-order valence-corrected chi connectivity index (χ0v) is 23.3. The van der Waals surface area contributed by atoms with Gasteiger partial charge in [0, 0.05) is 12.6 Å². The molecule has 1 saturated heterocycles. The molecular weight excluding hydrogens is 480 g/mol. The van der Waals surface area contributed by atoms with Gasteiger partial charge in [-0.15, -0.1) is 0 Å². The van der Waals surface area contributed by atoms with Crippen molar-refractivity contribution in [1.82, 2.24) is 10.2 Å². The van der Waals surface area contributed by atoms with Gasteiger partial charge >= 0.3 is 11.9 Å². The molecule has 9 nitrogen and oxygen atoms in total. The number of esters is 2. The number of carbonyl (C=O) groups excluding carboxylic acids is 4. The Morgan fingerprint density at radius 1 is 1.17 bits per heavy atom. The fourth-order valence-corrected chi connectivity index (χ4v) is 5.81. The third-order valence-corrected chi connectivity index (χ3v) is 7.22. The van der Waals surface area contributed by atoms with E-state index in [4.69, 9.17) is 13.9 Å². The maximum absolute atomic E-state index is 13.3. The number of β-lactam (4-membered cyclic amide) rings is 1. The molecule has 0 saturated carbocycles. The molecule has 3 unspecified atom stereocenters. The van der Waals surface area contributed by atoms with Gasteiger partial charge in [-0.2, -0.15) is 0 Å². The Kier molecular flexibility index (Phi) is 7.80. The molecule has 2 heterocycles. The second-order valence-electron chi connectivity index (χ2n) is 11.2.